The SMILES string of the molecule is C#CC(/C(C(=C)C)=C(/CC)C(C)C)=C(\F)C=C.CC. The van der Waals surface area contributed by atoms with Crippen LogP contribution >= 0.6 is 0 Å². The fourth-order valence-corrected chi connectivity index (χ4v) is 1.88. The first kappa shape index (κ1) is 19.8. The molecule has 0 rings (SSSR count). The molecule has 0 amide bonds. The molecule has 0 spiro atoms. The van der Waals surface area contributed by atoms with E-state index in [4.69, 9.17) is 6.42 Å². The van der Waals surface area contributed by atoms with Crippen LogP contribution in [0, 0.1) is 18.3 Å². The van der Waals surface area contributed by atoms with Gasteiger partial charge in [-0.15, -0.1) is 6.42 Å². The molecular weight excluding hydrogens is 235 g/mol. The Morgan fingerprint density at radius 2 is 1.84 bits per heavy atom. The van der Waals surface area contributed by atoms with Crippen LogP contribution in [0.15, 0.2) is 47.4 Å². The van der Waals surface area contributed by atoms with Gasteiger partial charge in [0.2, 0.25) is 0 Å². The molecule has 0 atom stereocenters. The average molecular weight is 262 g/mol. The zero-order chi connectivity index (χ0) is 15.6. The minimum absolute atomic E-state index is 0.262. The lowest BCUT2D eigenvalue weighted by Crippen LogP contribution is -2.03. The Bertz CT molecular complexity index is 411. The van der Waals surface area contributed by atoms with Gasteiger partial charge >= 0.3 is 0 Å². The molecule has 0 heterocycles. The van der Waals surface area contributed by atoms with Gasteiger partial charge in [0.1, 0.15) is 5.83 Å². The average Bonchev–Trinajstić information content (AvgIpc) is 2.39. The van der Waals surface area contributed by atoms with Gasteiger partial charge < -0.3 is 0 Å². The Labute approximate surface area is 118 Å². The summed E-state index contributed by atoms with van der Waals surface area (Å²) in [5.41, 5.74) is 2.95. The molecular formula is C18H27F. The predicted octanol–water partition coefficient (Wildman–Crippen LogP) is 5.99. The third-order valence-corrected chi connectivity index (χ3v) is 2.64. The summed E-state index contributed by atoms with van der Waals surface area (Å²) in [5, 5.41) is 0. The Balaban J connectivity index is 0. The molecule has 0 saturated carbocycles. The summed E-state index contributed by atoms with van der Waals surface area (Å²) in [7, 11) is 0. The first-order valence-corrected chi connectivity index (χ1v) is 6.78. The molecule has 0 aromatic carbocycles. The molecule has 0 unspecified atom stereocenters. The molecule has 0 saturated heterocycles. The second-order valence-corrected chi connectivity index (χ2v) is 4.26. The molecule has 0 radical (unpaired) electrons. The van der Waals surface area contributed by atoms with Crippen LogP contribution in [0.1, 0.15) is 48.0 Å². The summed E-state index contributed by atoms with van der Waals surface area (Å²) < 4.78 is 13.7. The van der Waals surface area contributed by atoms with Gasteiger partial charge in [-0.1, -0.05) is 59.3 Å². The Morgan fingerprint density at radius 1 is 1.37 bits per heavy atom. The lowest BCUT2D eigenvalue weighted by atomic mass is 9.87. The van der Waals surface area contributed by atoms with E-state index in [1.54, 1.807) is 0 Å². The Kier molecular flexibility index (Phi) is 10.8. The van der Waals surface area contributed by atoms with Crippen molar-refractivity contribution in [3.63, 3.8) is 0 Å². The van der Waals surface area contributed by atoms with E-state index in [0.29, 0.717) is 5.92 Å². The maximum absolute atomic E-state index is 13.7. The maximum atomic E-state index is 13.7. The first-order chi connectivity index (χ1) is 8.90. The molecule has 0 aliphatic carbocycles. The number of allylic oxidation sites excluding steroid dienone is 6. The van der Waals surface area contributed by atoms with Crippen LogP contribution in [0.5, 0.6) is 0 Å². The smallest absolute Gasteiger partial charge is 0.138 e. The van der Waals surface area contributed by atoms with Gasteiger partial charge in [-0.2, -0.15) is 0 Å². The van der Waals surface area contributed by atoms with Crippen LogP contribution in [-0.4, -0.2) is 0 Å². The van der Waals surface area contributed by atoms with Gasteiger partial charge in [0.05, 0.1) is 5.57 Å². The number of hydrogen-bond acceptors (Lipinski definition) is 0. The first-order valence-electron chi connectivity index (χ1n) is 6.78. The monoisotopic (exact) mass is 262 g/mol. The lowest BCUT2D eigenvalue weighted by molar-refractivity contribution is 0.658. The highest BCUT2D eigenvalue weighted by Crippen LogP contribution is 2.30. The molecule has 0 N–H and O–H groups in total. The van der Waals surface area contributed by atoms with Crippen LogP contribution in [0.25, 0.3) is 0 Å². The quantitative estimate of drug-likeness (QED) is 0.421. The number of hydrogen-bond donors (Lipinski definition) is 0. The topological polar surface area (TPSA) is 0 Å². The standard InChI is InChI=1S/C16H21F.C2H6/c1-8-13(11(4)5)16(12(6)7)14(9-2)15(17)10-3;1-2/h2,10-11H,3,6,8H2,1,4-5,7H3;1-2H3/b15-14+,16-13-;. The van der Waals surface area contributed by atoms with Crippen molar-refractivity contribution in [2.75, 3.05) is 0 Å². The van der Waals surface area contributed by atoms with E-state index in [0.717, 1.165) is 29.2 Å². The highest BCUT2D eigenvalue weighted by Gasteiger charge is 2.15. The van der Waals surface area contributed by atoms with Gasteiger partial charge in [-0.3, -0.25) is 0 Å². The molecule has 106 valence electrons. The number of halogens is 1. The second kappa shape index (κ2) is 10.4. The second-order valence-electron chi connectivity index (χ2n) is 4.26. The van der Waals surface area contributed by atoms with Crippen LogP contribution in [0.4, 0.5) is 4.39 Å². The van der Waals surface area contributed by atoms with E-state index >= 15 is 0 Å². The van der Waals surface area contributed by atoms with Crippen LogP contribution in [-0.2, 0) is 0 Å². The highest BCUT2D eigenvalue weighted by molar-refractivity contribution is 5.58. The van der Waals surface area contributed by atoms with Crippen molar-refractivity contribution in [3.05, 3.63) is 47.4 Å². The Morgan fingerprint density at radius 3 is 2.05 bits per heavy atom. The van der Waals surface area contributed by atoms with Gasteiger partial charge in [-0.25, -0.2) is 4.39 Å². The molecule has 0 fully saturated rings. The highest BCUT2D eigenvalue weighted by atomic mass is 19.1. The fourth-order valence-electron chi connectivity index (χ4n) is 1.88. The molecule has 0 nitrogen and oxygen atoms in total. The summed E-state index contributed by atoms with van der Waals surface area (Å²) in [4.78, 5) is 0. The van der Waals surface area contributed by atoms with E-state index < -0.39 is 5.83 Å². The molecule has 19 heavy (non-hydrogen) atoms. The van der Waals surface area contributed by atoms with E-state index in [1.165, 1.54) is 0 Å². The lowest BCUT2D eigenvalue weighted by Gasteiger charge is -2.18. The van der Waals surface area contributed by atoms with Crippen molar-refractivity contribution in [1.29, 1.82) is 0 Å². The van der Waals surface area contributed by atoms with Crippen molar-refractivity contribution in [3.8, 4) is 12.3 Å². The van der Waals surface area contributed by atoms with E-state index in [9.17, 15) is 4.39 Å². The van der Waals surface area contributed by atoms with Crippen molar-refractivity contribution < 1.29 is 4.39 Å². The largest absolute Gasteiger partial charge is 0.206 e. The summed E-state index contributed by atoms with van der Waals surface area (Å²) >= 11 is 0. The summed E-state index contributed by atoms with van der Waals surface area (Å²) in [6.45, 7) is 19.4. The van der Waals surface area contributed by atoms with Crippen LogP contribution < -0.4 is 0 Å². The van der Waals surface area contributed by atoms with Crippen LogP contribution in [0.2, 0.25) is 0 Å². The molecule has 0 aromatic heterocycles. The Hall–Kier alpha value is -1.55. The molecule has 0 aliphatic rings. The summed E-state index contributed by atoms with van der Waals surface area (Å²) in [5.74, 6) is 2.27. The van der Waals surface area contributed by atoms with Crippen molar-refractivity contribution in [2.45, 2.75) is 48.0 Å². The third-order valence-electron chi connectivity index (χ3n) is 2.64. The van der Waals surface area contributed by atoms with E-state index in [-0.39, 0.29) is 5.57 Å². The summed E-state index contributed by atoms with van der Waals surface area (Å²) in [6.07, 6.45) is 7.38. The number of terminal acetylenes is 1. The zero-order valence-corrected chi connectivity index (χ0v) is 13.2. The normalized spacial score (nSPS) is 12.6. The summed E-state index contributed by atoms with van der Waals surface area (Å²) in [6, 6.07) is 0. The van der Waals surface area contributed by atoms with Crippen molar-refractivity contribution in [2.24, 2.45) is 5.92 Å². The minimum Gasteiger partial charge on any atom is -0.206 e. The molecule has 0 bridgehead atoms. The third kappa shape index (κ3) is 5.75. The van der Waals surface area contributed by atoms with Gasteiger partial charge in [0.15, 0.2) is 0 Å². The minimum atomic E-state index is -0.461. The number of rotatable bonds is 5. The zero-order valence-electron chi connectivity index (χ0n) is 13.2. The van der Waals surface area contributed by atoms with Gasteiger partial charge in [0.25, 0.3) is 0 Å². The molecule has 1 heteroatoms. The van der Waals surface area contributed by atoms with Crippen LogP contribution in [0.3, 0.4) is 0 Å². The predicted molar refractivity (Wildman–Crippen MR) is 85.5 cm³/mol. The van der Waals surface area contributed by atoms with E-state index in [2.05, 4.69) is 32.9 Å². The van der Waals surface area contributed by atoms with Crippen molar-refractivity contribution in [1.82, 2.24) is 0 Å². The maximum Gasteiger partial charge on any atom is 0.138 e. The molecule has 0 aromatic rings. The van der Waals surface area contributed by atoms with E-state index in [1.807, 2.05) is 27.7 Å². The van der Waals surface area contributed by atoms with Gasteiger partial charge in [-0.05, 0) is 36.5 Å². The molecule has 0 aliphatic heterocycles. The fraction of sp³-hybridized carbons (Fsp3) is 0.444. The van der Waals surface area contributed by atoms with Crippen molar-refractivity contribution >= 4 is 0 Å². The van der Waals surface area contributed by atoms with Gasteiger partial charge in [0, 0.05) is 0 Å².